The van der Waals surface area contributed by atoms with Gasteiger partial charge in [0.25, 0.3) is 6.08 Å². The number of rotatable bonds is 0. The molecule has 0 unspecified atom stereocenters. The number of hydrogen-bond donors (Lipinski definition) is 1. The second-order valence-corrected chi connectivity index (χ2v) is 2.55. The summed E-state index contributed by atoms with van der Waals surface area (Å²) >= 11 is 0. The SMILES string of the molecule is Cc1ccc2nc(F)[nH]c2c1. The van der Waals surface area contributed by atoms with Gasteiger partial charge in [0.15, 0.2) is 0 Å². The number of H-pyrrole nitrogens is 1. The van der Waals surface area contributed by atoms with Crippen LogP contribution in [0.5, 0.6) is 0 Å². The van der Waals surface area contributed by atoms with Gasteiger partial charge < -0.3 is 4.98 Å². The lowest BCUT2D eigenvalue weighted by Crippen LogP contribution is -1.71. The van der Waals surface area contributed by atoms with Crippen LogP contribution in [0.3, 0.4) is 0 Å². The monoisotopic (exact) mass is 150 g/mol. The average Bonchev–Trinajstić information content (AvgIpc) is 2.27. The van der Waals surface area contributed by atoms with Gasteiger partial charge in [-0.1, -0.05) is 6.07 Å². The maximum atomic E-state index is 12.5. The molecule has 0 saturated heterocycles. The molecule has 2 nitrogen and oxygen atoms in total. The van der Waals surface area contributed by atoms with Gasteiger partial charge in [-0.3, -0.25) is 0 Å². The Morgan fingerprint density at radius 3 is 3.09 bits per heavy atom. The number of hydrogen-bond acceptors (Lipinski definition) is 1. The van der Waals surface area contributed by atoms with Gasteiger partial charge >= 0.3 is 0 Å². The van der Waals surface area contributed by atoms with Crippen LogP contribution in [0.15, 0.2) is 18.2 Å². The summed E-state index contributed by atoms with van der Waals surface area (Å²) in [7, 11) is 0. The maximum Gasteiger partial charge on any atom is 0.287 e. The molecule has 0 radical (unpaired) electrons. The number of nitrogens with zero attached hydrogens (tertiary/aromatic N) is 1. The van der Waals surface area contributed by atoms with Crippen molar-refractivity contribution in [2.45, 2.75) is 6.92 Å². The Morgan fingerprint density at radius 2 is 2.27 bits per heavy atom. The molecule has 0 atom stereocenters. The van der Waals surface area contributed by atoms with Crippen LogP contribution in [0.25, 0.3) is 11.0 Å². The normalized spacial score (nSPS) is 10.7. The van der Waals surface area contributed by atoms with Gasteiger partial charge in [0.2, 0.25) is 0 Å². The number of nitrogens with one attached hydrogen (secondary N) is 1. The molecule has 0 fully saturated rings. The van der Waals surface area contributed by atoms with Crippen LogP contribution in [0.2, 0.25) is 0 Å². The lowest BCUT2D eigenvalue weighted by atomic mass is 10.2. The van der Waals surface area contributed by atoms with E-state index in [1.165, 1.54) is 0 Å². The number of benzene rings is 1. The molecule has 56 valence electrons. The van der Waals surface area contributed by atoms with E-state index < -0.39 is 6.08 Å². The van der Waals surface area contributed by atoms with E-state index in [4.69, 9.17) is 0 Å². The van der Waals surface area contributed by atoms with Crippen LogP contribution in [0, 0.1) is 13.0 Å². The van der Waals surface area contributed by atoms with Crippen molar-refractivity contribution in [1.29, 1.82) is 0 Å². The summed E-state index contributed by atoms with van der Waals surface area (Å²) in [4.78, 5) is 6.15. The minimum absolute atomic E-state index is 0.523. The smallest absolute Gasteiger partial charge is 0.287 e. The molecule has 0 aliphatic heterocycles. The molecule has 3 heteroatoms. The summed E-state index contributed by atoms with van der Waals surface area (Å²) in [6.07, 6.45) is -0.523. The first-order chi connectivity index (χ1) is 5.25. The molecule has 0 saturated carbocycles. The highest BCUT2D eigenvalue weighted by Gasteiger charge is 1.99. The average molecular weight is 150 g/mol. The fourth-order valence-electron chi connectivity index (χ4n) is 1.09. The topological polar surface area (TPSA) is 28.7 Å². The molecule has 11 heavy (non-hydrogen) atoms. The molecule has 1 heterocycles. The van der Waals surface area contributed by atoms with Crippen LogP contribution in [0.4, 0.5) is 4.39 Å². The Kier molecular flexibility index (Phi) is 1.18. The Morgan fingerprint density at radius 1 is 1.45 bits per heavy atom. The van der Waals surface area contributed by atoms with E-state index >= 15 is 0 Å². The van der Waals surface area contributed by atoms with Crippen LogP contribution in [0.1, 0.15) is 5.56 Å². The lowest BCUT2D eigenvalue weighted by Gasteiger charge is -1.88. The van der Waals surface area contributed by atoms with Crippen molar-refractivity contribution in [3.8, 4) is 0 Å². The van der Waals surface area contributed by atoms with E-state index in [1.807, 2.05) is 19.1 Å². The second kappa shape index (κ2) is 2.05. The van der Waals surface area contributed by atoms with E-state index in [-0.39, 0.29) is 0 Å². The van der Waals surface area contributed by atoms with Gasteiger partial charge in [-0.05, 0) is 24.6 Å². The minimum Gasteiger partial charge on any atom is -0.314 e. The molecule has 0 bridgehead atoms. The van der Waals surface area contributed by atoms with Crippen molar-refractivity contribution in [1.82, 2.24) is 9.97 Å². The van der Waals surface area contributed by atoms with E-state index in [2.05, 4.69) is 9.97 Å². The highest BCUT2D eigenvalue weighted by Crippen LogP contribution is 2.11. The third kappa shape index (κ3) is 0.981. The Labute approximate surface area is 63.1 Å². The number of aromatic nitrogens is 2. The van der Waals surface area contributed by atoms with Gasteiger partial charge in [0.05, 0.1) is 11.0 Å². The zero-order chi connectivity index (χ0) is 7.84. The fraction of sp³-hybridized carbons (Fsp3) is 0.125. The van der Waals surface area contributed by atoms with Crippen molar-refractivity contribution in [2.75, 3.05) is 0 Å². The molecule has 0 aliphatic rings. The number of fused-ring (bicyclic) bond motifs is 1. The first kappa shape index (κ1) is 6.34. The predicted octanol–water partition coefficient (Wildman–Crippen LogP) is 2.01. The largest absolute Gasteiger partial charge is 0.314 e. The van der Waals surface area contributed by atoms with E-state index in [9.17, 15) is 4.39 Å². The fourth-order valence-corrected chi connectivity index (χ4v) is 1.09. The van der Waals surface area contributed by atoms with Crippen LogP contribution >= 0.6 is 0 Å². The Hall–Kier alpha value is -1.38. The standard InChI is InChI=1S/C8H7FN2/c1-5-2-3-6-7(4-5)11-8(9)10-6/h2-4H,1H3,(H,10,11). The van der Waals surface area contributed by atoms with Crippen LogP contribution in [-0.2, 0) is 0 Å². The zero-order valence-electron chi connectivity index (χ0n) is 6.06. The van der Waals surface area contributed by atoms with Crippen molar-refractivity contribution >= 4 is 11.0 Å². The molecule has 2 aromatic rings. The lowest BCUT2D eigenvalue weighted by molar-refractivity contribution is 0.556. The van der Waals surface area contributed by atoms with Gasteiger partial charge in [-0.2, -0.15) is 4.39 Å². The van der Waals surface area contributed by atoms with E-state index in [0.717, 1.165) is 11.1 Å². The van der Waals surface area contributed by atoms with E-state index in [0.29, 0.717) is 5.52 Å². The van der Waals surface area contributed by atoms with Gasteiger partial charge in [0.1, 0.15) is 0 Å². The number of halogens is 1. The summed E-state index contributed by atoms with van der Waals surface area (Å²) in [5, 5.41) is 0. The molecule has 1 N–H and O–H groups in total. The molecule has 0 spiro atoms. The second-order valence-electron chi connectivity index (χ2n) is 2.55. The number of imidazole rings is 1. The molecule has 1 aromatic carbocycles. The maximum absolute atomic E-state index is 12.5. The van der Waals surface area contributed by atoms with Gasteiger partial charge in [0, 0.05) is 0 Å². The minimum atomic E-state index is -0.523. The van der Waals surface area contributed by atoms with Crippen molar-refractivity contribution < 1.29 is 4.39 Å². The Balaban J connectivity index is 2.82. The third-order valence-electron chi connectivity index (χ3n) is 1.61. The number of aryl methyl sites for hydroxylation is 1. The summed E-state index contributed by atoms with van der Waals surface area (Å²) in [6, 6.07) is 5.57. The molecular formula is C8H7FN2. The predicted molar refractivity (Wildman–Crippen MR) is 40.8 cm³/mol. The highest BCUT2D eigenvalue weighted by molar-refractivity contribution is 5.75. The molecule has 0 aliphatic carbocycles. The van der Waals surface area contributed by atoms with Crippen molar-refractivity contribution in [3.63, 3.8) is 0 Å². The van der Waals surface area contributed by atoms with Crippen LogP contribution in [-0.4, -0.2) is 9.97 Å². The van der Waals surface area contributed by atoms with Crippen molar-refractivity contribution in [3.05, 3.63) is 29.8 Å². The van der Waals surface area contributed by atoms with Crippen molar-refractivity contribution in [2.24, 2.45) is 0 Å². The summed E-state index contributed by atoms with van der Waals surface area (Å²) in [5.41, 5.74) is 2.52. The summed E-state index contributed by atoms with van der Waals surface area (Å²) < 4.78 is 12.5. The third-order valence-corrected chi connectivity index (χ3v) is 1.61. The summed E-state index contributed by atoms with van der Waals surface area (Å²) in [5.74, 6) is 0. The van der Waals surface area contributed by atoms with Gasteiger partial charge in [-0.15, -0.1) is 0 Å². The zero-order valence-corrected chi connectivity index (χ0v) is 6.06. The Bertz CT molecular complexity index is 392. The molecule has 1 aromatic heterocycles. The van der Waals surface area contributed by atoms with Crippen LogP contribution < -0.4 is 0 Å². The van der Waals surface area contributed by atoms with Gasteiger partial charge in [-0.25, -0.2) is 4.98 Å². The summed E-state index contributed by atoms with van der Waals surface area (Å²) in [6.45, 7) is 1.96. The molecule has 0 amide bonds. The molecular weight excluding hydrogens is 143 g/mol. The molecule has 2 rings (SSSR count). The quantitative estimate of drug-likeness (QED) is 0.611. The first-order valence-electron chi connectivity index (χ1n) is 3.37. The first-order valence-corrected chi connectivity index (χ1v) is 3.37. The van der Waals surface area contributed by atoms with E-state index in [1.54, 1.807) is 6.07 Å². The highest BCUT2D eigenvalue weighted by atomic mass is 19.1. The number of aromatic amines is 1.